The summed E-state index contributed by atoms with van der Waals surface area (Å²) in [7, 11) is -2.96. The number of rotatable bonds is 2. The van der Waals surface area contributed by atoms with Gasteiger partial charge in [-0.1, -0.05) is 41.9 Å². The Bertz CT molecular complexity index is 862. The van der Waals surface area contributed by atoms with Gasteiger partial charge in [0.2, 0.25) is 0 Å². The molecule has 23 heavy (non-hydrogen) atoms. The number of hydrogen-bond acceptors (Lipinski definition) is 5. The van der Waals surface area contributed by atoms with E-state index in [1.54, 1.807) is 6.07 Å². The molecular formula is C16H14ClN3O2S. The Labute approximate surface area is 140 Å². The number of nitriles is 1. The molecule has 118 valence electrons. The molecule has 0 N–H and O–H groups in total. The second kappa shape index (κ2) is 6.19. The van der Waals surface area contributed by atoms with Crippen LogP contribution in [0.4, 0.5) is 5.82 Å². The van der Waals surface area contributed by atoms with Gasteiger partial charge in [-0.25, -0.2) is 13.4 Å². The molecule has 0 spiro atoms. The molecule has 1 aliphatic rings. The lowest BCUT2D eigenvalue weighted by Crippen LogP contribution is -2.40. The Hall–Kier alpha value is -2.10. The Morgan fingerprint density at radius 3 is 2.43 bits per heavy atom. The summed E-state index contributed by atoms with van der Waals surface area (Å²) in [5.74, 6) is 0.808. The van der Waals surface area contributed by atoms with Crippen molar-refractivity contribution in [3.05, 3.63) is 47.1 Å². The normalized spacial score (nSPS) is 16.8. The Morgan fingerprint density at radius 1 is 1.17 bits per heavy atom. The van der Waals surface area contributed by atoms with Gasteiger partial charge in [-0.15, -0.1) is 0 Å². The minimum absolute atomic E-state index is 0.104. The van der Waals surface area contributed by atoms with Gasteiger partial charge in [0.25, 0.3) is 0 Å². The van der Waals surface area contributed by atoms with Crippen molar-refractivity contribution >= 4 is 27.3 Å². The summed E-state index contributed by atoms with van der Waals surface area (Å²) in [5.41, 5.74) is 1.90. The second-order valence-electron chi connectivity index (χ2n) is 5.31. The predicted octanol–water partition coefficient (Wildman–Crippen LogP) is 2.51. The van der Waals surface area contributed by atoms with Gasteiger partial charge in [-0.3, -0.25) is 0 Å². The summed E-state index contributed by atoms with van der Waals surface area (Å²) in [4.78, 5) is 6.17. The predicted molar refractivity (Wildman–Crippen MR) is 90.3 cm³/mol. The standard InChI is InChI=1S/C16H14ClN3O2S/c17-16-14(11-18)13(12-4-2-1-3-5-12)10-15(19-16)20-6-8-23(21,22)9-7-20/h1-5,10H,6-9H2. The first-order chi connectivity index (χ1) is 11.0. The van der Waals surface area contributed by atoms with Crippen LogP contribution in [0.5, 0.6) is 0 Å². The minimum atomic E-state index is -2.96. The van der Waals surface area contributed by atoms with Crippen LogP contribution in [-0.4, -0.2) is 38.0 Å². The molecule has 1 saturated heterocycles. The monoisotopic (exact) mass is 347 g/mol. The highest BCUT2D eigenvalue weighted by atomic mass is 35.5. The third-order valence-corrected chi connectivity index (χ3v) is 5.71. The summed E-state index contributed by atoms with van der Waals surface area (Å²) in [6.45, 7) is 0.761. The first-order valence-electron chi connectivity index (χ1n) is 7.11. The largest absolute Gasteiger partial charge is 0.355 e. The van der Waals surface area contributed by atoms with Crippen molar-refractivity contribution in [3.8, 4) is 17.2 Å². The van der Waals surface area contributed by atoms with Gasteiger partial charge in [0.15, 0.2) is 9.84 Å². The topological polar surface area (TPSA) is 74.1 Å². The average Bonchev–Trinajstić information content (AvgIpc) is 2.55. The maximum absolute atomic E-state index is 11.6. The molecule has 2 heterocycles. The van der Waals surface area contributed by atoms with E-state index in [9.17, 15) is 13.7 Å². The molecular weight excluding hydrogens is 334 g/mol. The van der Waals surface area contributed by atoms with Gasteiger partial charge >= 0.3 is 0 Å². The van der Waals surface area contributed by atoms with Gasteiger partial charge in [0.05, 0.1) is 17.1 Å². The molecule has 0 aliphatic carbocycles. The molecule has 5 nitrogen and oxygen atoms in total. The number of pyridine rings is 1. The molecule has 0 unspecified atom stereocenters. The molecule has 0 atom stereocenters. The molecule has 1 aromatic heterocycles. The molecule has 1 aromatic carbocycles. The Morgan fingerprint density at radius 2 is 1.83 bits per heavy atom. The van der Waals surface area contributed by atoms with Crippen LogP contribution >= 0.6 is 11.6 Å². The van der Waals surface area contributed by atoms with E-state index in [2.05, 4.69) is 11.1 Å². The van der Waals surface area contributed by atoms with Crippen molar-refractivity contribution in [3.63, 3.8) is 0 Å². The van der Waals surface area contributed by atoms with E-state index in [0.29, 0.717) is 30.0 Å². The molecule has 0 amide bonds. The molecule has 7 heteroatoms. The fourth-order valence-electron chi connectivity index (χ4n) is 2.56. The van der Waals surface area contributed by atoms with Crippen molar-refractivity contribution in [2.75, 3.05) is 29.5 Å². The smallest absolute Gasteiger partial charge is 0.153 e. The zero-order chi connectivity index (χ0) is 16.4. The number of sulfone groups is 1. The summed E-state index contributed by atoms with van der Waals surface area (Å²) in [6.07, 6.45) is 0. The van der Waals surface area contributed by atoms with Crippen LogP contribution in [0.25, 0.3) is 11.1 Å². The van der Waals surface area contributed by atoms with Crippen LogP contribution in [0, 0.1) is 11.3 Å². The number of benzene rings is 1. The van der Waals surface area contributed by atoms with Crippen LogP contribution < -0.4 is 4.90 Å². The zero-order valence-electron chi connectivity index (χ0n) is 12.2. The maximum atomic E-state index is 11.6. The van der Waals surface area contributed by atoms with Gasteiger partial charge in [0, 0.05) is 18.7 Å². The highest BCUT2D eigenvalue weighted by Gasteiger charge is 2.24. The number of anilines is 1. The second-order valence-corrected chi connectivity index (χ2v) is 7.97. The van der Waals surface area contributed by atoms with Crippen LogP contribution in [0.15, 0.2) is 36.4 Å². The van der Waals surface area contributed by atoms with E-state index in [1.807, 2.05) is 35.2 Å². The van der Waals surface area contributed by atoms with E-state index >= 15 is 0 Å². The summed E-state index contributed by atoms with van der Waals surface area (Å²) in [5, 5.41) is 9.50. The van der Waals surface area contributed by atoms with Crippen molar-refractivity contribution < 1.29 is 8.42 Å². The summed E-state index contributed by atoms with van der Waals surface area (Å²) in [6, 6.07) is 13.4. The van der Waals surface area contributed by atoms with Crippen molar-refractivity contribution in [2.24, 2.45) is 0 Å². The van der Waals surface area contributed by atoms with Crippen molar-refractivity contribution in [1.29, 1.82) is 5.26 Å². The molecule has 2 aromatic rings. The van der Waals surface area contributed by atoms with Gasteiger partial charge in [-0.05, 0) is 11.6 Å². The maximum Gasteiger partial charge on any atom is 0.153 e. The van der Waals surface area contributed by atoms with Crippen LogP contribution in [0.1, 0.15) is 5.56 Å². The number of aromatic nitrogens is 1. The van der Waals surface area contributed by atoms with Crippen LogP contribution in [0.3, 0.4) is 0 Å². The van der Waals surface area contributed by atoms with Crippen LogP contribution in [0.2, 0.25) is 5.15 Å². The fraction of sp³-hybridized carbons (Fsp3) is 0.250. The van der Waals surface area contributed by atoms with Crippen molar-refractivity contribution in [2.45, 2.75) is 0 Å². The van der Waals surface area contributed by atoms with E-state index < -0.39 is 9.84 Å². The lowest BCUT2D eigenvalue weighted by atomic mass is 10.0. The third kappa shape index (κ3) is 3.31. The zero-order valence-corrected chi connectivity index (χ0v) is 13.8. The van der Waals surface area contributed by atoms with Crippen molar-refractivity contribution in [1.82, 2.24) is 4.98 Å². The van der Waals surface area contributed by atoms with Gasteiger partial charge in [0.1, 0.15) is 17.0 Å². The molecule has 0 radical (unpaired) electrons. The van der Waals surface area contributed by atoms with E-state index in [4.69, 9.17) is 11.6 Å². The van der Waals surface area contributed by atoms with E-state index in [-0.39, 0.29) is 16.7 Å². The number of nitrogens with zero attached hydrogens (tertiary/aromatic N) is 3. The third-order valence-electron chi connectivity index (χ3n) is 3.83. The van der Waals surface area contributed by atoms with E-state index in [1.165, 1.54) is 0 Å². The molecule has 1 aliphatic heterocycles. The summed E-state index contributed by atoms with van der Waals surface area (Å²) < 4.78 is 23.1. The molecule has 0 saturated carbocycles. The molecule has 0 bridgehead atoms. The quantitative estimate of drug-likeness (QED) is 0.780. The highest BCUT2D eigenvalue weighted by molar-refractivity contribution is 7.91. The van der Waals surface area contributed by atoms with E-state index in [0.717, 1.165) is 5.56 Å². The Kier molecular flexibility index (Phi) is 4.24. The minimum Gasteiger partial charge on any atom is -0.355 e. The molecule has 3 rings (SSSR count). The Balaban J connectivity index is 2.04. The first kappa shape index (κ1) is 15.8. The SMILES string of the molecule is N#Cc1c(-c2ccccc2)cc(N2CCS(=O)(=O)CC2)nc1Cl. The number of halogens is 1. The first-order valence-corrected chi connectivity index (χ1v) is 9.31. The van der Waals surface area contributed by atoms with Gasteiger partial charge in [-0.2, -0.15) is 5.26 Å². The summed E-state index contributed by atoms with van der Waals surface area (Å²) >= 11 is 6.18. The average molecular weight is 348 g/mol. The number of hydrogen-bond donors (Lipinski definition) is 0. The molecule has 1 fully saturated rings. The highest BCUT2D eigenvalue weighted by Crippen LogP contribution is 2.31. The van der Waals surface area contributed by atoms with Crippen LogP contribution in [-0.2, 0) is 9.84 Å². The lowest BCUT2D eigenvalue weighted by Gasteiger charge is -2.28. The lowest BCUT2D eigenvalue weighted by molar-refractivity contribution is 0.586. The fourth-order valence-corrected chi connectivity index (χ4v) is 3.99. The van der Waals surface area contributed by atoms with Gasteiger partial charge < -0.3 is 4.90 Å².